The third-order valence-corrected chi connectivity index (χ3v) is 2.46. The monoisotopic (exact) mass is 205 g/mol. The largest absolute Gasteiger partial charge is 0.471 e. The Morgan fingerprint density at radius 3 is 2.73 bits per heavy atom. The highest BCUT2D eigenvalue weighted by Crippen LogP contribution is 2.28. The van der Waals surface area contributed by atoms with E-state index in [-0.39, 0.29) is 12.1 Å². The van der Waals surface area contributed by atoms with E-state index in [1.54, 1.807) is 7.11 Å². The number of benzene rings is 1. The van der Waals surface area contributed by atoms with E-state index < -0.39 is 0 Å². The van der Waals surface area contributed by atoms with Crippen LogP contribution in [0.25, 0.3) is 0 Å². The lowest BCUT2D eigenvalue weighted by Crippen LogP contribution is -2.19. The number of ether oxygens (including phenoxy) is 2. The predicted molar refractivity (Wildman–Crippen MR) is 59.0 cm³/mol. The molecule has 0 aromatic heterocycles. The molecule has 0 fully saturated rings. The molecule has 1 aromatic carbocycles. The summed E-state index contributed by atoms with van der Waals surface area (Å²) in [6, 6.07) is 10.2. The predicted octanol–water partition coefficient (Wildman–Crippen LogP) is 2.19. The molecular formula is C12H15NO2. The number of aliphatic imine (C=N–C) groups is 1. The summed E-state index contributed by atoms with van der Waals surface area (Å²) in [6.45, 7) is 2.47. The van der Waals surface area contributed by atoms with E-state index in [0.717, 1.165) is 11.5 Å². The molecule has 2 atom stereocenters. The second-order valence-electron chi connectivity index (χ2n) is 3.62. The molecule has 0 saturated carbocycles. The summed E-state index contributed by atoms with van der Waals surface area (Å²) in [7, 11) is 1.69. The van der Waals surface area contributed by atoms with Gasteiger partial charge in [-0.05, 0) is 5.56 Å². The van der Waals surface area contributed by atoms with Crippen molar-refractivity contribution < 1.29 is 9.47 Å². The molecule has 15 heavy (non-hydrogen) atoms. The van der Waals surface area contributed by atoms with E-state index >= 15 is 0 Å². The molecule has 0 unspecified atom stereocenters. The zero-order chi connectivity index (χ0) is 10.7. The molecule has 0 aliphatic carbocycles. The summed E-state index contributed by atoms with van der Waals surface area (Å²) in [4.78, 5) is 4.41. The molecule has 0 amide bonds. The van der Waals surface area contributed by atoms with E-state index in [2.05, 4.69) is 17.1 Å². The molecule has 1 aromatic rings. The summed E-state index contributed by atoms with van der Waals surface area (Å²) in [5.41, 5.74) is 1.15. The maximum absolute atomic E-state index is 5.68. The smallest absolute Gasteiger partial charge is 0.181 e. The molecule has 0 N–H and O–H groups in total. The molecule has 1 aliphatic heterocycles. The molecule has 3 nitrogen and oxygen atoms in total. The van der Waals surface area contributed by atoms with Gasteiger partial charge in [-0.2, -0.15) is 0 Å². The van der Waals surface area contributed by atoms with Crippen molar-refractivity contribution in [3.63, 3.8) is 0 Å². The SMILES string of the molecule is COC[C@H]1N=C(C)O[C@H]1c1ccccc1. The normalized spacial score (nSPS) is 24.8. The maximum Gasteiger partial charge on any atom is 0.181 e. The topological polar surface area (TPSA) is 30.8 Å². The van der Waals surface area contributed by atoms with Crippen LogP contribution in [0.2, 0.25) is 0 Å². The van der Waals surface area contributed by atoms with Crippen LogP contribution < -0.4 is 0 Å². The van der Waals surface area contributed by atoms with Gasteiger partial charge < -0.3 is 9.47 Å². The summed E-state index contributed by atoms with van der Waals surface area (Å²) in [6.07, 6.45) is 0.00569. The lowest BCUT2D eigenvalue weighted by molar-refractivity contribution is 0.119. The fourth-order valence-corrected chi connectivity index (χ4v) is 1.82. The van der Waals surface area contributed by atoms with Crippen LogP contribution in [-0.4, -0.2) is 25.7 Å². The average molecular weight is 205 g/mol. The zero-order valence-corrected chi connectivity index (χ0v) is 9.01. The molecule has 0 bridgehead atoms. The summed E-state index contributed by atoms with van der Waals surface area (Å²) >= 11 is 0. The Balaban J connectivity index is 2.16. The van der Waals surface area contributed by atoms with Crippen molar-refractivity contribution in [1.82, 2.24) is 0 Å². The molecule has 3 heteroatoms. The Morgan fingerprint density at radius 1 is 1.33 bits per heavy atom. The van der Waals surface area contributed by atoms with Gasteiger partial charge in [0.15, 0.2) is 5.90 Å². The van der Waals surface area contributed by atoms with Gasteiger partial charge in [-0.1, -0.05) is 30.3 Å². The highest BCUT2D eigenvalue weighted by atomic mass is 16.5. The minimum absolute atomic E-state index is 0.00569. The van der Waals surface area contributed by atoms with Gasteiger partial charge in [0.05, 0.1) is 6.61 Å². The molecular weight excluding hydrogens is 190 g/mol. The summed E-state index contributed by atoms with van der Waals surface area (Å²) in [5, 5.41) is 0. The highest BCUT2D eigenvalue weighted by molar-refractivity contribution is 5.75. The van der Waals surface area contributed by atoms with E-state index in [4.69, 9.17) is 9.47 Å². The van der Waals surface area contributed by atoms with Gasteiger partial charge >= 0.3 is 0 Å². The zero-order valence-electron chi connectivity index (χ0n) is 9.01. The van der Waals surface area contributed by atoms with Gasteiger partial charge in [-0.25, -0.2) is 4.99 Å². The van der Waals surface area contributed by atoms with Gasteiger partial charge in [0.2, 0.25) is 0 Å². The first-order valence-electron chi connectivity index (χ1n) is 5.06. The molecule has 80 valence electrons. The molecule has 1 aliphatic rings. The first-order valence-corrected chi connectivity index (χ1v) is 5.06. The fraction of sp³-hybridized carbons (Fsp3) is 0.417. The first kappa shape index (κ1) is 10.2. The first-order chi connectivity index (χ1) is 7.31. The van der Waals surface area contributed by atoms with Gasteiger partial charge in [-0.3, -0.25) is 0 Å². The Bertz CT molecular complexity index is 348. The Morgan fingerprint density at radius 2 is 2.07 bits per heavy atom. The number of methoxy groups -OCH3 is 1. The van der Waals surface area contributed by atoms with Crippen molar-refractivity contribution in [3.05, 3.63) is 35.9 Å². The molecule has 0 radical (unpaired) electrons. The van der Waals surface area contributed by atoms with Crippen LogP contribution in [0.3, 0.4) is 0 Å². The van der Waals surface area contributed by atoms with Crippen molar-refractivity contribution in [2.24, 2.45) is 4.99 Å². The number of hydrogen-bond acceptors (Lipinski definition) is 3. The van der Waals surface area contributed by atoms with E-state index in [1.165, 1.54) is 0 Å². The second-order valence-corrected chi connectivity index (χ2v) is 3.62. The van der Waals surface area contributed by atoms with Crippen molar-refractivity contribution in [2.75, 3.05) is 13.7 Å². The van der Waals surface area contributed by atoms with E-state index in [0.29, 0.717) is 6.61 Å². The molecule has 2 rings (SSSR count). The van der Waals surface area contributed by atoms with Gasteiger partial charge in [0.1, 0.15) is 12.1 Å². The van der Waals surface area contributed by atoms with Gasteiger partial charge in [0.25, 0.3) is 0 Å². The number of rotatable bonds is 3. The van der Waals surface area contributed by atoms with Crippen LogP contribution in [0, 0.1) is 0 Å². The minimum Gasteiger partial charge on any atom is -0.471 e. The van der Waals surface area contributed by atoms with Crippen molar-refractivity contribution in [1.29, 1.82) is 0 Å². The van der Waals surface area contributed by atoms with Crippen LogP contribution in [0.5, 0.6) is 0 Å². The van der Waals surface area contributed by atoms with Gasteiger partial charge in [0, 0.05) is 14.0 Å². The third kappa shape index (κ3) is 2.18. The lowest BCUT2D eigenvalue weighted by atomic mass is 10.0. The van der Waals surface area contributed by atoms with Crippen molar-refractivity contribution in [2.45, 2.75) is 19.1 Å². The molecule has 0 saturated heterocycles. The maximum atomic E-state index is 5.68. The quantitative estimate of drug-likeness (QED) is 0.757. The van der Waals surface area contributed by atoms with Crippen LogP contribution in [0.15, 0.2) is 35.3 Å². The van der Waals surface area contributed by atoms with Crippen LogP contribution >= 0.6 is 0 Å². The van der Waals surface area contributed by atoms with Crippen LogP contribution in [0.1, 0.15) is 18.6 Å². The number of nitrogens with zero attached hydrogens (tertiary/aromatic N) is 1. The lowest BCUT2D eigenvalue weighted by Gasteiger charge is -2.16. The molecule has 1 heterocycles. The van der Waals surface area contributed by atoms with Crippen LogP contribution in [0.4, 0.5) is 0 Å². The van der Waals surface area contributed by atoms with Gasteiger partial charge in [-0.15, -0.1) is 0 Å². The second kappa shape index (κ2) is 4.45. The standard InChI is InChI=1S/C12H15NO2/c1-9-13-11(8-14-2)12(15-9)10-6-4-3-5-7-10/h3-7,11-12H,8H2,1-2H3/t11-,12+/m1/s1. The summed E-state index contributed by atoms with van der Waals surface area (Å²) < 4.78 is 10.8. The third-order valence-electron chi connectivity index (χ3n) is 2.46. The summed E-state index contributed by atoms with van der Waals surface area (Å²) in [5.74, 6) is 0.742. The van der Waals surface area contributed by atoms with E-state index in [1.807, 2.05) is 25.1 Å². The van der Waals surface area contributed by atoms with E-state index in [9.17, 15) is 0 Å². The number of hydrogen-bond donors (Lipinski definition) is 0. The van der Waals surface area contributed by atoms with Crippen LogP contribution in [-0.2, 0) is 9.47 Å². The van der Waals surface area contributed by atoms with Crippen molar-refractivity contribution >= 4 is 5.90 Å². The Hall–Kier alpha value is -1.35. The Kier molecular flexibility index (Phi) is 3.02. The highest BCUT2D eigenvalue weighted by Gasteiger charge is 2.30. The fourth-order valence-electron chi connectivity index (χ4n) is 1.82. The van der Waals surface area contributed by atoms with Crippen molar-refractivity contribution in [3.8, 4) is 0 Å². The Labute approximate surface area is 89.7 Å². The molecule has 0 spiro atoms. The minimum atomic E-state index is 0.00569. The average Bonchev–Trinajstić information content (AvgIpc) is 2.62.